The Morgan fingerprint density at radius 2 is 2.30 bits per heavy atom. The second kappa shape index (κ2) is 7.10. The molecule has 122 valence electrons. The number of anilines is 1. The van der Waals surface area contributed by atoms with Crippen LogP contribution in [0.25, 0.3) is 0 Å². The molecule has 1 unspecified atom stereocenters. The number of aromatic nitrogens is 1. The van der Waals surface area contributed by atoms with Gasteiger partial charge in [-0.3, -0.25) is 14.6 Å². The highest BCUT2D eigenvalue weighted by atomic mass is 32.1. The first-order valence-electron chi connectivity index (χ1n) is 7.73. The summed E-state index contributed by atoms with van der Waals surface area (Å²) in [7, 11) is 3.48. The van der Waals surface area contributed by atoms with Crippen LogP contribution in [0.2, 0.25) is 0 Å². The first kappa shape index (κ1) is 16.0. The molecule has 0 spiro atoms. The summed E-state index contributed by atoms with van der Waals surface area (Å²) in [6.07, 6.45) is 3.86. The molecule has 1 fully saturated rings. The molecule has 2 heterocycles. The van der Waals surface area contributed by atoms with Crippen LogP contribution in [0.1, 0.15) is 24.4 Å². The lowest BCUT2D eigenvalue weighted by Crippen LogP contribution is -2.38. The van der Waals surface area contributed by atoms with Crippen LogP contribution in [0.4, 0.5) is 5.13 Å². The van der Waals surface area contributed by atoms with Gasteiger partial charge in [0.15, 0.2) is 5.13 Å². The number of methoxy groups -OCH3 is 1. The molecule has 2 aromatic rings. The molecule has 1 saturated heterocycles. The van der Waals surface area contributed by atoms with Crippen molar-refractivity contribution in [3.63, 3.8) is 0 Å². The standard InChI is InChI=1S/C17H21N3O2S/c1-19(17-18-9-11-23-17)16(21)12-20-10-5-7-14(20)13-6-3-4-8-15(13)22-2/h3-4,6,8-9,11,14H,5,7,10,12H2,1-2H3. The number of likely N-dealkylation sites (N-methyl/N-ethyl adjacent to an activating group) is 1. The number of ether oxygens (including phenoxy) is 1. The lowest BCUT2D eigenvalue weighted by Gasteiger charge is -2.27. The molecule has 23 heavy (non-hydrogen) atoms. The van der Waals surface area contributed by atoms with Crippen LogP contribution in [0.5, 0.6) is 5.75 Å². The van der Waals surface area contributed by atoms with Crippen molar-refractivity contribution in [3.05, 3.63) is 41.4 Å². The number of nitrogens with zero attached hydrogens (tertiary/aromatic N) is 3. The minimum absolute atomic E-state index is 0.0711. The molecule has 0 radical (unpaired) electrons. The summed E-state index contributed by atoms with van der Waals surface area (Å²) >= 11 is 1.48. The number of rotatable bonds is 5. The number of thiazole rings is 1. The molecule has 1 aromatic heterocycles. The molecule has 5 nitrogen and oxygen atoms in total. The normalized spacial score (nSPS) is 18.1. The van der Waals surface area contributed by atoms with Crippen LogP contribution < -0.4 is 9.64 Å². The van der Waals surface area contributed by atoms with E-state index in [1.807, 2.05) is 23.6 Å². The highest BCUT2D eigenvalue weighted by Crippen LogP contribution is 2.36. The Morgan fingerprint density at radius 1 is 1.48 bits per heavy atom. The maximum atomic E-state index is 12.5. The van der Waals surface area contributed by atoms with Crippen LogP contribution in [0.3, 0.4) is 0 Å². The van der Waals surface area contributed by atoms with E-state index in [0.717, 1.165) is 35.8 Å². The topological polar surface area (TPSA) is 45.7 Å². The van der Waals surface area contributed by atoms with Crippen LogP contribution >= 0.6 is 11.3 Å². The fraction of sp³-hybridized carbons (Fsp3) is 0.412. The quantitative estimate of drug-likeness (QED) is 0.845. The second-order valence-corrected chi connectivity index (χ2v) is 6.51. The monoisotopic (exact) mass is 331 g/mol. The van der Waals surface area contributed by atoms with Gasteiger partial charge in [-0.05, 0) is 25.5 Å². The molecule has 0 N–H and O–H groups in total. The van der Waals surface area contributed by atoms with E-state index in [1.54, 1.807) is 25.3 Å². The third-order valence-electron chi connectivity index (χ3n) is 4.28. The number of hydrogen-bond acceptors (Lipinski definition) is 5. The molecule has 1 aliphatic heterocycles. The van der Waals surface area contributed by atoms with Gasteiger partial charge in [-0.2, -0.15) is 0 Å². The molecule has 3 rings (SSSR count). The van der Waals surface area contributed by atoms with Crippen molar-refractivity contribution >= 4 is 22.4 Å². The van der Waals surface area contributed by atoms with E-state index in [0.29, 0.717) is 6.54 Å². The van der Waals surface area contributed by atoms with Crippen molar-refractivity contribution in [3.8, 4) is 5.75 Å². The number of likely N-dealkylation sites (tertiary alicyclic amines) is 1. The zero-order valence-corrected chi connectivity index (χ0v) is 14.3. The smallest absolute Gasteiger partial charge is 0.242 e. The van der Waals surface area contributed by atoms with Gasteiger partial charge in [0.1, 0.15) is 5.75 Å². The first-order chi connectivity index (χ1) is 11.2. The minimum atomic E-state index is 0.0711. The lowest BCUT2D eigenvalue weighted by atomic mass is 10.0. The van der Waals surface area contributed by atoms with Crippen molar-refractivity contribution in [2.75, 3.05) is 32.1 Å². The van der Waals surface area contributed by atoms with E-state index in [4.69, 9.17) is 4.74 Å². The molecule has 1 amide bonds. The molecule has 0 bridgehead atoms. The molecule has 0 saturated carbocycles. The van der Waals surface area contributed by atoms with Crippen molar-refractivity contribution in [1.29, 1.82) is 0 Å². The van der Waals surface area contributed by atoms with E-state index in [-0.39, 0.29) is 11.9 Å². The third kappa shape index (κ3) is 3.38. The SMILES string of the molecule is COc1ccccc1C1CCCN1CC(=O)N(C)c1nccs1. The predicted molar refractivity (Wildman–Crippen MR) is 92.1 cm³/mol. The van der Waals surface area contributed by atoms with Crippen LogP contribution in [0.15, 0.2) is 35.8 Å². The Labute approximate surface area is 140 Å². The van der Waals surface area contributed by atoms with Crippen molar-refractivity contribution in [2.24, 2.45) is 0 Å². The fourth-order valence-electron chi connectivity index (χ4n) is 3.08. The van der Waals surface area contributed by atoms with E-state index in [9.17, 15) is 4.79 Å². The van der Waals surface area contributed by atoms with Gasteiger partial charge in [0.2, 0.25) is 5.91 Å². The molecule has 1 aromatic carbocycles. The van der Waals surface area contributed by atoms with E-state index >= 15 is 0 Å². The summed E-state index contributed by atoms with van der Waals surface area (Å²) in [6.45, 7) is 1.33. The van der Waals surface area contributed by atoms with Gasteiger partial charge in [0, 0.05) is 30.2 Å². The highest BCUT2D eigenvalue weighted by Gasteiger charge is 2.30. The van der Waals surface area contributed by atoms with Gasteiger partial charge in [0.05, 0.1) is 13.7 Å². The summed E-state index contributed by atoms with van der Waals surface area (Å²) in [5.41, 5.74) is 1.16. The van der Waals surface area contributed by atoms with Gasteiger partial charge < -0.3 is 4.74 Å². The number of para-hydroxylation sites is 1. The van der Waals surface area contributed by atoms with E-state index in [2.05, 4.69) is 16.0 Å². The first-order valence-corrected chi connectivity index (χ1v) is 8.61. The zero-order chi connectivity index (χ0) is 16.2. The Balaban J connectivity index is 1.73. The number of amides is 1. The Bertz CT molecular complexity index is 660. The molecule has 0 aliphatic carbocycles. The van der Waals surface area contributed by atoms with Crippen molar-refractivity contribution in [2.45, 2.75) is 18.9 Å². The molecular formula is C17H21N3O2S. The highest BCUT2D eigenvalue weighted by molar-refractivity contribution is 7.13. The average Bonchev–Trinajstić information content (AvgIpc) is 3.25. The van der Waals surface area contributed by atoms with Crippen molar-refractivity contribution < 1.29 is 9.53 Å². The van der Waals surface area contributed by atoms with Gasteiger partial charge in [0.25, 0.3) is 0 Å². The Morgan fingerprint density at radius 3 is 3.04 bits per heavy atom. The summed E-state index contributed by atoms with van der Waals surface area (Å²) < 4.78 is 5.49. The largest absolute Gasteiger partial charge is 0.496 e. The maximum absolute atomic E-state index is 12.5. The minimum Gasteiger partial charge on any atom is -0.496 e. The van der Waals surface area contributed by atoms with Crippen LogP contribution in [-0.4, -0.2) is 43.0 Å². The Hall–Kier alpha value is -1.92. The van der Waals surface area contributed by atoms with Gasteiger partial charge in [-0.1, -0.05) is 18.2 Å². The average molecular weight is 331 g/mol. The van der Waals surface area contributed by atoms with Crippen LogP contribution in [0, 0.1) is 0 Å². The summed E-state index contributed by atoms with van der Waals surface area (Å²) in [6, 6.07) is 8.31. The van der Waals surface area contributed by atoms with Crippen LogP contribution in [-0.2, 0) is 4.79 Å². The lowest BCUT2D eigenvalue weighted by molar-refractivity contribution is -0.119. The van der Waals surface area contributed by atoms with Gasteiger partial charge in [-0.15, -0.1) is 11.3 Å². The summed E-state index contributed by atoms with van der Waals surface area (Å²) in [5, 5.41) is 2.62. The number of hydrogen-bond donors (Lipinski definition) is 0. The molecular weight excluding hydrogens is 310 g/mol. The summed E-state index contributed by atoms with van der Waals surface area (Å²) in [5.74, 6) is 0.965. The van der Waals surface area contributed by atoms with E-state index in [1.165, 1.54) is 11.3 Å². The number of carbonyl (C=O) groups excluding carboxylic acids is 1. The van der Waals surface area contributed by atoms with Gasteiger partial charge in [-0.25, -0.2) is 4.98 Å². The van der Waals surface area contributed by atoms with Gasteiger partial charge >= 0.3 is 0 Å². The number of carbonyl (C=O) groups is 1. The number of benzene rings is 1. The third-order valence-corrected chi connectivity index (χ3v) is 5.13. The predicted octanol–water partition coefficient (Wildman–Crippen LogP) is 2.95. The fourth-order valence-corrected chi connectivity index (χ4v) is 3.70. The second-order valence-electron chi connectivity index (χ2n) is 5.64. The maximum Gasteiger partial charge on any atom is 0.242 e. The molecule has 6 heteroatoms. The molecule has 1 aliphatic rings. The van der Waals surface area contributed by atoms with Crippen molar-refractivity contribution in [1.82, 2.24) is 9.88 Å². The van der Waals surface area contributed by atoms with E-state index < -0.39 is 0 Å². The zero-order valence-electron chi connectivity index (χ0n) is 13.4. The summed E-state index contributed by atoms with van der Waals surface area (Å²) in [4.78, 5) is 20.6. The Kier molecular flexibility index (Phi) is 4.93. The molecule has 1 atom stereocenters.